The van der Waals surface area contributed by atoms with Crippen LogP contribution in [0.1, 0.15) is 34.7 Å². The van der Waals surface area contributed by atoms with Crippen molar-refractivity contribution in [1.29, 1.82) is 0 Å². The molecule has 0 radical (unpaired) electrons. The van der Waals surface area contributed by atoms with E-state index in [1.165, 1.54) is 12.1 Å². The van der Waals surface area contributed by atoms with Crippen LogP contribution in [0.3, 0.4) is 0 Å². The molecule has 0 aromatic heterocycles. The molecular formula is C11H11F2NO2. The second kappa shape index (κ2) is 4.08. The Hall–Kier alpha value is -1.65. The topological polar surface area (TPSA) is 52.3 Å². The molecule has 1 saturated carbocycles. The van der Waals surface area contributed by atoms with E-state index in [4.69, 9.17) is 5.73 Å². The van der Waals surface area contributed by atoms with Gasteiger partial charge >= 0.3 is 6.61 Å². The summed E-state index contributed by atoms with van der Waals surface area (Å²) in [6.45, 7) is -2.89. The van der Waals surface area contributed by atoms with Gasteiger partial charge in [-0.1, -0.05) is 0 Å². The first kappa shape index (κ1) is 10.9. The van der Waals surface area contributed by atoms with Crippen molar-refractivity contribution in [2.45, 2.75) is 25.4 Å². The lowest BCUT2D eigenvalue weighted by Crippen LogP contribution is -2.12. The lowest BCUT2D eigenvalue weighted by molar-refractivity contribution is -0.0499. The number of carbonyl (C=O) groups is 1. The molecule has 1 aliphatic rings. The van der Waals surface area contributed by atoms with Gasteiger partial charge in [-0.2, -0.15) is 8.78 Å². The number of hydrogen-bond donors (Lipinski definition) is 1. The van der Waals surface area contributed by atoms with E-state index in [9.17, 15) is 13.6 Å². The van der Waals surface area contributed by atoms with Gasteiger partial charge in [-0.05, 0) is 42.5 Å². The molecule has 0 saturated heterocycles. The first-order chi connectivity index (χ1) is 7.56. The van der Waals surface area contributed by atoms with Crippen molar-refractivity contribution >= 4 is 5.91 Å². The number of primary amides is 1. The number of hydrogen-bond acceptors (Lipinski definition) is 2. The minimum absolute atomic E-state index is 0.00630. The Kier molecular flexibility index (Phi) is 2.77. The lowest BCUT2D eigenvalue weighted by Gasteiger charge is -2.08. The second-order valence-electron chi connectivity index (χ2n) is 3.81. The van der Waals surface area contributed by atoms with Crippen LogP contribution in [0.5, 0.6) is 5.75 Å². The van der Waals surface area contributed by atoms with Crippen molar-refractivity contribution in [2.24, 2.45) is 5.73 Å². The number of carbonyl (C=O) groups excluding carboxylic acids is 1. The van der Waals surface area contributed by atoms with E-state index in [1.807, 2.05) is 0 Å². The fourth-order valence-corrected chi connectivity index (χ4v) is 1.59. The third-order valence-electron chi connectivity index (χ3n) is 2.49. The Balaban J connectivity index is 2.32. The maximum Gasteiger partial charge on any atom is 0.387 e. The molecule has 2 N–H and O–H groups in total. The van der Waals surface area contributed by atoms with Gasteiger partial charge in [-0.15, -0.1) is 0 Å². The Morgan fingerprint density at radius 2 is 2.06 bits per heavy atom. The van der Waals surface area contributed by atoms with Crippen LogP contribution >= 0.6 is 0 Å². The molecule has 0 atom stereocenters. The molecular weight excluding hydrogens is 216 g/mol. The number of benzene rings is 1. The van der Waals surface area contributed by atoms with Gasteiger partial charge in [0.1, 0.15) is 5.75 Å². The summed E-state index contributed by atoms with van der Waals surface area (Å²) >= 11 is 0. The average Bonchev–Trinajstić information content (AvgIpc) is 2.98. The van der Waals surface area contributed by atoms with Crippen LogP contribution in [0, 0.1) is 0 Å². The number of rotatable bonds is 4. The minimum atomic E-state index is -2.89. The third-order valence-corrected chi connectivity index (χ3v) is 2.49. The SMILES string of the molecule is NC(=O)c1cc(OC(F)F)cc(C2CC2)c1. The van der Waals surface area contributed by atoms with Crippen molar-refractivity contribution < 1.29 is 18.3 Å². The highest BCUT2D eigenvalue weighted by Crippen LogP contribution is 2.41. The van der Waals surface area contributed by atoms with E-state index >= 15 is 0 Å². The Morgan fingerprint density at radius 1 is 1.38 bits per heavy atom. The van der Waals surface area contributed by atoms with E-state index in [0.717, 1.165) is 18.4 Å². The monoisotopic (exact) mass is 227 g/mol. The molecule has 0 aliphatic heterocycles. The summed E-state index contributed by atoms with van der Waals surface area (Å²) in [5.74, 6) is -0.297. The second-order valence-corrected chi connectivity index (χ2v) is 3.81. The molecule has 1 aromatic carbocycles. The molecule has 1 aromatic rings. The van der Waals surface area contributed by atoms with Crippen molar-refractivity contribution in [2.75, 3.05) is 0 Å². The average molecular weight is 227 g/mol. The van der Waals surface area contributed by atoms with Gasteiger partial charge in [-0.3, -0.25) is 4.79 Å². The summed E-state index contributed by atoms with van der Waals surface area (Å²) in [4.78, 5) is 11.0. The molecule has 3 nitrogen and oxygen atoms in total. The van der Waals surface area contributed by atoms with Gasteiger partial charge in [0, 0.05) is 5.56 Å². The van der Waals surface area contributed by atoms with E-state index in [0.29, 0.717) is 5.92 Å². The molecule has 0 heterocycles. The molecule has 1 fully saturated rings. The predicted molar refractivity (Wildman–Crippen MR) is 53.6 cm³/mol. The summed E-state index contributed by atoms with van der Waals surface area (Å²) in [7, 11) is 0. The highest BCUT2D eigenvalue weighted by atomic mass is 19.3. The maximum atomic E-state index is 12.1. The molecule has 16 heavy (non-hydrogen) atoms. The Bertz CT molecular complexity index is 416. The molecule has 5 heteroatoms. The number of amides is 1. The number of alkyl halides is 2. The molecule has 1 amide bonds. The third kappa shape index (κ3) is 2.48. The van der Waals surface area contributed by atoms with E-state index in [1.54, 1.807) is 6.07 Å². The number of nitrogens with two attached hydrogens (primary N) is 1. The van der Waals surface area contributed by atoms with Gasteiger partial charge in [-0.25, -0.2) is 0 Å². The highest BCUT2D eigenvalue weighted by molar-refractivity contribution is 5.93. The van der Waals surface area contributed by atoms with Crippen LogP contribution in [-0.4, -0.2) is 12.5 Å². The first-order valence-electron chi connectivity index (χ1n) is 4.96. The first-order valence-corrected chi connectivity index (χ1v) is 4.96. The standard InChI is InChI=1S/C11H11F2NO2/c12-11(13)16-9-4-7(6-1-2-6)3-8(5-9)10(14)15/h3-6,11H,1-2H2,(H2,14,15). The Morgan fingerprint density at radius 3 is 2.56 bits per heavy atom. The zero-order valence-corrected chi connectivity index (χ0v) is 8.45. The zero-order valence-electron chi connectivity index (χ0n) is 8.45. The predicted octanol–water partition coefficient (Wildman–Crippen LogP) is 2.26. The van der Waals surface area contributed by atoms with E-state index in [-0.39, 0.29) is 11.3 Å². The van der Waals surface area contributed by atoms with Gasteiger partial charge in [0.15, 0.2) is 0 Å². The Labute approximate surface area is 91.2 Å². The van der Waals surface area contributed by atoms with E-state index in [2.05, 4.69) is 4.74 Å². The molecule has 2 rings (SSSR count). The zero-order chi connectivity index (χ0) is 11.7. The van der Waals surface area contributed by atoms with Crippen LogP contribution in [0.25, 0.3) is 0 Å². The molecule has 0 spiro atoms. The van der Waals surface area contributed by atoms with Gasteiger partial charge in [0.05, 0.1) is 0 Å². The van der Waals surface area contributed by atoms with Gasteiger partial charge in [0.25, 0.3) is 0 Å². The quantitative estimate of drug-likeness (QED) is 0.857. The molecule has 86 valence electrons. The van der Waals surface area contributed by atoms with Crippen molar-refractivity contribution in [3.05, 3.63) is 29.3 Å². The number of ether oxygens (including phenoxy) is 1. The minimum Gasteiger partial charge on any atom is -0.435 e. The molecule has 0 unspecified atom stereocenters. The fourth-order valence-electron chi connectivity index (χ4n) is 1.59. The van der Waals surface area contributed by atoms with E-state index < -0.39 is 12.5 Å². The molecule has 1 aliphatic carbocycles. The van der Waals surface area contributed by atoms with Crippen molar-refractivity contribution in [3.8, 4) is 5.75 Å². The van der Waals surface area contributed by atoms with Crippen LogP contribution in [0.15, 0.2) is 18.2 Å². The van der Waals surface area contributed by atoms with Crippen molar-refractivity contribution in [1.82, 2.24) is 0 Å². The summed E-state index contributed by atoms with van der Waals surface area (Å²) in [5, 5.41) is 0. The van der Waals surface area contributed by atoms with Crippen LogP contribution in [0.2, 0.25) is 0 Å². The smallest absolute Gasteiger partial charge is 0.387 e. The summed E-state index contributed by atoms with van der Waals surface area (Å²) in [6.07, 6.45) is 2.02. The maximum absolute atomic E-state index is 12.1. The summed E-state index contributed by atoms with van der Waals surface area (Å²) in [6, 6.07) is 4.41. The largest absolute Gasteiger partial charge is 0.435 e. The highest BCUT2D eigenvalue weighted by Gasteiger charge is 2.25. The fraction of sp³-hybridized carbons (Fsp3) is 0.364. The van der Waals surface area contributed by atoms with Crippen LogP contribution < -0.4 is 10.5 Å². The lowest BCUT2D eigenvalue weighted by atomic mass is 10.1. The van der Waals surface area contributed by atoms with Crippen LogP contribution in [0.4, 0.5) is 8.78 Å². The van der Waals surface area contributed by atoms with Gasteiger partial charge in [0.2, 0.25) is 5.91 Å². The van der Waals surface area contributed by atoms with Crippen LogP contribution in [-0.2, 0) is 0 Å². The summed E-state index contributed by atoms with van der Waals surface area (Å²) < 4.78 is 28.4. The normalized spacial score (nSPS) is 15.2. The summed E-state index contributed by atoms with van der Waals surface area (Å²) in [5.41, 5.74) is 6.17. The molecule has 0 bridgehead atoms. The van der Waals surface area contributed by atoms with Crippen molar-refractivity contribution in [3.63, 3.8) is 0 Å². The van der Waals surface area contributed by atoms with Gasteiger partial charge < -0.3 is 10.5 Å². The number of halogens is 2.